The predicted molar refractivity (Wildman–Crippen MR) is 113 cm³/mol. The molecule has 4 heterocycles. The number of rotatable bonds is 6. The number of nitrogens with one attached hydrogen (secondary N) is 1. The largest absolute Gasteiger partial charge is 0.476 e. The fourth-order valence-electron chi connectivity index (χ4n) is 4.84. The van der Waals surface area contributed by atoms with Crippen LogP contribution >= 0.6 is 0 Å². The molecule has 0 aliphatic carbocycles. The summed E-state index contributed by atoms with van der Waals surface area (Å²) in [5.41, 5.74) is 2.82. The Kier molecular flexibility index (Phi) is 5.88. The second kappa shape index (κ2) is 8.45. The van der Waals surface area contributed by atoms with Crippen LogP contribution in [-0.4, -0.2) is 56.1 Å². The molecule has 4 rings (SSSR count). The van der Waals surface area contributed by atoms with E-state index in [0.717, 1.165) is 49.6 Å². The number of carbonyl (C=O) groups excluding carboxylic acids is 1. The first kappa shape index (κ1) is 21.5. The third kappa shape index (κ3) is 4.23. The van der Waals surface area contributed by atoms with Crippen molar-refractivity contribution in [2.45, 2.75) is 52.5 Å². The number of imidazole rings is 1. The Hall–Kier alpha value is -2.68. The number of aromatic carboxylic acids is 1. The van der Waals surface area contributed by atoms with E-state index in [1.165, 1.54) is 0 Å². The van der Waals surface area contributed by atoms with E-state index in [1.54, 1.807) is 10.8 Å². The van der Waals surface area contributed by atoms with Gasteiger partial charge in [-0.05, 0) is 43.9 Å². The van der Waals surface area contributed by atoms with Crippen molar-refractivity contribution in [1.82, 2.24) is 24.6 Å². The van der Waals surface area contributed by atoms with Crippen molar-refractivity contribution in [1.29, 1.82) is 0 Å². The van der Waals surface area contributed by atoms with Gasteiger partial charge < -0.3 is 19.7 Å². The summed E-state index contributed by atoms with van der Waals surface area (Å²) in [6.07, 6.45) is 5.60. The molecule has 1 amide bonds. The Bertz CT molecular complexity index is 986. The summed E-state index contributed by atoms with van der Waals surface area (Å²) in [6.45, 7) is 6.89. The minimum atomic E-state index is -1.02. The summed E-state index contributed by atoms with van der Waals surface area (Å²) in [4.78, 5) is 28.4. The molecule has 1 atom stereocenters. The zero-order valence-electron chi connectivity index (χ0n) is 18.5. The predicted octanol–water partition coefficient (Wildman–Crippen LogP) is 1.84. The van der Waals surface area contributed by atoms with Crippen molar-refractivity contribution in [3.8, 4) is 0 Å². The van der Waals surface area contributed by atoms with E-state index in [2.05, 4.69) is 17.2 Å². The summed E-state index contributed by atoms with van der Waals surface area (Å²) < 4.78 is 9.19. The highest BCUT2D eigenvalue weighted by Crippen LogP contribution is 2.38. The van der Waals surface area contributed by atoms with Crippen molar-refractivity contribution in [2.24, 2.45) is 18.4 Å². The van der Waals surface area contributed by atoms with Crippen molar-refractivity contribution in [3.05, 3.63) is 34.7 Å². The third-order valence-electron chi connectivity index (χ3n) is 6.64. The molecule has 0 bridgehead atoms. The van der Waals surface area contributed by atoms with Gasteiger partial charge in [0.05, 0.1) is 5.69 Å². The average Bonchev–Trinajstić information content (AvgIpc) is 3.23. The Morgan fingerprint density at radius 1 is 1.35 bits per heavy atom. The van der Waals surface area contributed by atoms with Crippen LogP contribution in [0, 0.1) is 11.3 Å². The molecule has 9 heteroatoms. The van der Waals surface area contributed by atoms with Crippen LogP contribution in [0.4, 0.5) is 0 Å². The van der Waals surface area contributed by atoms with E-state index < -0.39 is 5.97 Å². The monoisotopic (exact) mass is 429 g/mol. The number of aromatic nitrogens is 4. The molecule has 1 saturated heterocycles. The smallest absolute Gasteiger partial charge is 0.356 e. The van der Waals surface area contributed by atoms with Gasteiger partial charge in [-0.3, -0.25) is 9.48 Å². The summed E-state index contributed by atoms with van der Waals surface area (Å²) in [7, 11) is 1.82. The number of fused-ring (bicyclic) bond motifs is 1. The first-order valence-corrected chi connectivity index (χ1v) is 11.0. The van der Waals surface area contributed by atoms with Gasteiger partial charge in [0.1, 0.15) is 11.5 Å². The van der Waals surface area contributed by atoms with Gasteiger partial charge in [0.2, 0.25) is 0 Å². The molecule has 2 aliphatic heterocycles. The molecule has 0 radical (unpaired) electrons. The van der Waals surface area contributed by atoms with Crippen LogP contribution in [0.15, 0.2) is 6.20 Å². The first-order chi connectivity index (χ1) is 14.8. The van der Waals surface area contributed by atoms with Crippen LogP contribution < -0.4 is 5.32 Å². The molecule has 0 saturated carbocycles. The van der Waals surface area contributed by atoms with Gasteiger partial charge in [0, 0.05) is 51.5 Å². The Morgan fingerprint density at radius 3 is 2.74 bits per heavy atom. The first-order valence-electron chi connectivity index (χ1n) is 11.0. The highest BCUT2D eigenvalue weighted by molar-refractivity contribution is 5.94. The molecular formula is C22H31N5O4. The maximum Gasteiger partial charge on any atom is 0.356 e. The number of ether oxygens (including phenoxy) is 1. The van der Waals surface area contributed by atoms with Crippen LogP contribution in [0.1, 0.15) is 64.7 Å². The van der Waals surface area contributed by atoms with Gasteiger partial charge >= 0.3 is 5.97 Å². The molecule has 2 aromatic heterocycles. The quantitative estimate of drug-likeness (QED) is 0.725. The maximum atomic E-state index is 12.9. The van der Waals surface area contributed by atoms with Crippen molar-refractivity contribution < 1.29 is 19.4 Å². The van der Waals surface area contributed by atoms with E-state index in [1.807, 2.05) is 18.7 Å². The van der Waals surface area contributed by atoms with Crippen molar-refractivity contribution >= 4 is 11.9 Å². The number of amides is 1. The number of carbonyl (C=O) groups is 2. The number of hydrogen-bond donors (Lipinski definition) is 2. The van der Waals surface area contributed by atoms with Gasteiger partial charge in [-0.15, -0.1) is 0 Å². The van der Waals surface area contributed by atoms with Crippen LogP contribution in [0.25, 0.3) is 0 Å². The van der Waals surface area contributed by atoms with Crippen molar-refractivity contribution in [3.63, 3.8) is 0 Å². The fraction of sp³-hybridized carbons (Fsp3) is 0.636. The molecule has 0 unspecified atom stereocenters. The lowest BCUT2D eigenvalue weighted by molar-refractivity contribution is 0.0160. The Balaban J connectivity index is 1.60. The summed E-state index contributed by atoms with van der Waals surface area (Å²) in [5.74, 6) is -0.121. The minimum absolute atomic E-state index is 0.0226. The van der Waals surface area contributed by atoms with Gasteiger partial charge in [0.15, 0.2) is 5.69 Å². The summed E-state index contributed by atoms with van der Waals surface area (Å²) in [6, 6.07) is 0. The van der Waals surface area contributed by atoms with E-state index in [0.29, 0.717) is 31.6 Å². The Labute approximate surface area is 181 Å². The number of aryl methyl sites for hydroxylation is 2. The zero-order chi connectivity index (χ0) is 22.2. The number of hydrogen-bond acceptors (Lipinski definition) is 5. The average molecular weight is 430 g/mol. The van der Waals surface area contributed by atoms with Gasteiger partial charge in [-0.1, -0.05) is 6.92 Å². The molecule has 2 aliphatic rings. The SMILES string of the molecule is CCn1nc(C[C@@H](C)Cc2nc(C(=O)O)cn2C)c2c1C(=O)NCC1(CCOCC1)C2. The second-order valence-electron chi connectivity index (χ2n) is 9.03. The number of carboxylic acids is 1. The summed E-state index contributed by atoms with van der Waals surface area (Å²) in [5, 5.41) is 17.2. The lowest BCUT2D eigenvalue weighted by Gasteiger charge is -2.36. The maximum absolute atomic E-state index is 12.9. The van der Waals surface area contributed by atoms with Crippen LogP contribution in [0.5, 0.6) is 0 Å². The molecule has 1 fully saturated rings. The van der Waals surface area contributed by atoms with E-state index in [4.69, 9.17) is 9.84 Å². The van der Waals surface area contributed by atoms with Crippen LogP contribution in [0.3, 0.4) is 0 Å². The molecule has 1 spiro atoms. The normalized spacial score (nSPS) is 19.0. The molecule has 31 heavy (non-hydrogen) atoms. The van der Waals surface area contributed by atoms with Gasteiger partial charge in [-0.2, -0.15) is 5.10 Å². The third-order valence-corrected chi connectivity index (χ3v) is 6.64. The fourth-order valence-corrected chi connectivity index (χ4v) is 4.84. The topological polar surface area (TPSA) is 111 Å². The highest BCUT2D eigenvalue weighted by Gasteiger charge is 2.39. The van der Waals surface area contributed by atoms with Crippen LogP contribution in [-0.2, 0) is 37.6 Å². The van der Waals surface area contributed by atoms with Gasteiger partial charge in [-0.25, -0.2) is 9.78 Å². The lowest BCUT2D eigenvalue weighted by atomic mass is 9.75. The second-order valence-corrected chi connectivity index (χ2v) is 9.03. The highest BCUT2D eigenvalue weighted by atomic mass is 16.5. The van der Waals surface area contributed by atoms with Gasteiger partial charge in [0.25, 0.3) is 5.91 Å². The molecule has 9 nitrogen and oxygen atoms in total. The molecule has 2 aromatic rings. The lowest BCUT2D eigenvalue weighted by Crippen LogP contribution is -2.40. The van der Waals surface area contributed by atoms with Crippen LogP contribution in [0.2, 0.25) is 0 Å². The number of carboxylic acid groups (broad SMARTS) is 1. The van der Waals surface area contributed by atoms with Crippen molar-refractivity contribution in [2.75, 3.05) is 19.8 Å². The Morgan fingerprint density at radius 2 is 2.10 bits per heavy atom. The molecule has 168 valence electrons. The summed E-state index contributed by atoms with van der Waals surface area (Å²) >= 11 is 0. The minimum Gasteiger partial charge on any atom is -0.476 e. The van der Waals surface area contributed by atoms with E-state index in [9.17, 15) is 14.7 Å². The number of nitrogens with zero attached hydrogens (tertiary/aromatic N) is 4. The van der Waals surface area contributed by atoms with E-state index >= 15 is 0 Å². The zero-order valence-corrected chi connectivity index (χ0v) is 18.5. The van der Waals surface area contributed by atoms with E-state index in [-0.39, 0.29) is 22.9 Å². The standard InChI is InChI=1S/C22H31N5O4/c1-4-27-19-15(11-22(13-23-20(19)28)5-7-31-8-6-22)16(25-27)9-14(2)10-18-24-17(21(29)30)12-26(18)3/h12,14H,4-11,13H2,1-3H3,(H,23,28)(H,29,30)/t14-/m1/s1. The molecular weight excluding hydrogens is 398 g/mol. The molecule has 2 N–H and O–H groups in total. The molecule has 0 aromatic carbocycles.